The van der Waals surface area contributed by atoms with Gasteiger partial charge in [-0.1, -0.05) is 12.1 Å². The van der Waals surface area contributed by atoms with Crippen LogP contribution < -0.4 is 9.47 Å². The van der Waals surface area contributed by atoms with Crippen LogP contribution in [0.2, 0.25) is 0 Å². The van der Waals surface area contributed by atoms with Gasteiger partial charge in [0.2, 0.25) is 0 Å². The number of benzene rings is 1. The number of para-hydroxylation sites is 2. The molecule has 0 amide bonds. The second-order valence-electron chi connectivity index (χ2n) is 4.67. The van der Waals surface area contributed by atoms with Crippen LogP contribution in [0.15, 0.2) is 29.6 Å². The Morgan fingerprint density at radius 1 is 1.18 bits per heavy atom. The molecule has 2 heterocycles. The Hall–Kier alpha value is -2.41. The van der Waals surface area contributed by atoms with Crippen molar-refractivity contribution in [1.82, 2.24) is 20.2 Å². The summed E-state index contributed by atoms with van der Waals surface area (Å²) in [7, 11) is 1.62. The van der Waals surface area contributed by atoms with Gasteiger partial charge in [0.15, 0.2) is 23.1 Å². The van der Waals surface area contributed by atoms with E-state index in [1.165, 1.54) is 0 Å². The van der Waals surface area contributed by atoms with Gasteiger partial charge in [-0.05, 0) is 19.1 Å². The number of rotatable bonds is 6. The maximum Gasteiger partial charge on any atom is 0.162 e. The van der Waals surface area contributed by atoms with Crippen LogP contribution in [0, 0.1) is 6.92 Å². The molecular formula is C15H16N4O2S. The summed E-state index contributed by atoms with van der Waals surface area (Å²) in [5, 5.41) is 10.2. The minimum atomic E-state index is 0.309. The topological polar surface area (TPSA) is 72.9 Å². The van der Waals surface area contributed by atoms with Gasteiger partial charge in [0.05, 0.1) is 24.2 Å². The number of hydrogen-bond donors (Lipinski definition) is 1. The van der Waals surface area contributed by atoms with E-state index in [1.54, 1.807) is 18.4 Å². The maximum absolute atomic E-state index is 5.71. The molecule has 0 radical (unpaired) electrons. The predicted molar refractivity (Wildman–Crippen MR) is 83.4 cm³/mol. The van der Waals surface area contributed by atoms with Gasteiger partial charge < -0.3 is 9.47 Å². The standard InChI is InChI=1S/C15H16N4O2S/c1-10-16-11(9-22-10)7-14-17-15(19-18-14)8-21-13-6-4-3-5-12(13)20-2/h3-6,9H,7-8H2,1-2H3,(H,17,18,19). The van der Waals surface area contributed by atoms with E-state index in [2.05, 4.69) is 20.2 Å². The first kappa shape index (κ1) is 14.5. The first-order valence-electron chi connectivity index (χ1n) is 6.81. The van der Waals surface area contributed by atoms with E-state index >= 15 is 0 Å². The quantitative estimate of drug-likeness (QED) is 0.757. The van der Waals surface area contributed by atoms with Gasteiger partial charge in [0.25, 0.3) is 0 Å². The Bertz CT molecular complexity index is 753. The van der Waals surface area contributed by atoms with Gasteiger partial charge in [-0.25, -0.2) is 9.97 Å². The number of methoxy groups -OCH3 is 1. The van der Waals surface area contributed by atoms with Crippen molar-refractivity contribution >= 4 is 11.3 Å². The highest BCUT2D eigenvalue weighted by atomic mass is 32.1. The van der Waals surface area contributed by atoms with E-state index < -0.39 is 0 Å². The lowest BCUT2D eigenvalue weighted by Gasteiger charge is -2.08. The molecule has 114 valence electrons. The lowest BCUT2D eigenvalue weighted by atomic mass is 10.3. The van der Waals surface area contributed by atoms with Crippen LogP contribution in [0.25, 0.3) is 0 Å². The van der Waals surface area contributed by atoms with Crippen LogP contribution in [-0.4, -0.2) is 27.3 Å². The minimum Gasteiger partial charge on any atom is -0.493 e. The molecule has 2 aromatic heterocycles. The number of H-pyrrole nitrogens is 1. The Labute approximate surface area is 132 Å². The largest absolute Gasteiger partial charge is 0.493 e. The lowest BCUT2D eigenvalue weighted by molar-refractivity contribution is 0.276. The Morgan fingerprint density at radius 2 is 2.00 bits per heavy atom. The molecule has 0 saturated carbocycles. The van der Waals surface area contributed by atoms with Crippen molar-refractivity contribution in [1.29, 1.82) is 0 Å². The molecule has 3 aromatic rings. The first-order chi connectivity index (χ1) is 10.7. The summed E-state index contributed by atoms with van der Waals surface area (Å²) in [6.45, 7) is 2.29. The molecule has 22 heavy (non-hydrogen) atoms. The van der Waals surface area contributed by atoms with Crippen molar-refractivity contribution in [3.63, 3.8) is 0 Å². The molecule has 0 aliphatic rings. The van der Waals surface area contributed by atoms with Gasteiger partial charge >= 0.3 is 0 Å². The molecule has 0 fully saturated rings. The molecule has 1 aromatic carbocycles. The third-order valence-electron chi connectivity index (χ3n) is 3.02. The Morgan fingerprint density at radius 3 is 2.73 bits per heavy atom. The third kappa shape index (κ3) is 3.43. The molecule has 6 nitrogen and oxygen atoms in total. The fraction of sp³-hybridized carbons (Fsp3) is 0.267. The van der Waals surface area contributed by atoms with E-state index in [1.807, 2.05) is 36.6 Å². The number of aromatic nitrogens is 4. The lowest BCUT2D eigenvalue weighted by Crippen LogP contribution is -1.99. The van der Waals surface area contributed by atoms with Crippen molar-refractivity contribution in [2.24, 2.45) is 0 Å². The molecular weight excluding hydrogens is 300 g/mol. The molecule has 0 bridgehead atoms. The van der Waals surface area contributed by atoms with Crippen LogP contribution in [0.4, 0.5) is 0 Å². The number of aromatic amines is 1. The molecule has 0 unspecified atom stereocenters. The van der Waals surface area contributed by atoms with E-state index in [4.69, 9.17) is 9.47 Å². The smallest absolute Gasteiger partial charge is 0.162 e. The van der Waals surface area contributed by atoms with Crippen molar-refractivity contribution in [2.45, 2.75) is 20.0 Å². The summed E-state index contributed by atoms with van der Waals surface area (Å²) in [6, 6.07) is 7.50. The van der Waals surface area contributed by atoms with Crippen LogP contribution in [0.3, 0.4) is 0 Å². The van der Waals surface area contributed by atoms with Crippen LogP contribution in [0.5, 0.6) is 11.5 Å². The first-order valence-corrected chi connectivity index (χ1v) is 7.69. The van der Waals surface area contributed by atoms with Gasteiger partial charge in [0, 0.05) is 5.38 Å². The average Bonchev–Trinajstić information content (AvgIpc) is 3.15. The number of thiazole rings is 1. The van der Waals surface area contributed by atoms with E-state index in [-0.39, 0.29) is 0 Å². The molecule has 0 atom stereocenters. The van der Waals surface area contributed by atoms with Crippen LogP contribution in [0.1, 0.15) is 22.4 Å². The normalized spacial score (nSPS) is 10.6. The maximum atomic E-state index is 5.71. The highest BCUT2D eigenvalue weighted by Crippen LogP contribution is 2.26. The number of aryl methyl sites for hydroxylation is 1. The van der Waals surface area contributed by atoms with Crippen molar-refractivity contribution < 1.29 is 9.47 Å². The summed E-state index contributed by atoms with van der Waals surface area (Å²) < 4.78 is 11.0. The number of ether oxygens (including phenoxy) is 2. The van der Waals surface area contributed by atoms with E-state index in [0.29, 0.717) is 36.2 Å². The molecule has 0 aliphatic heterocycles. The van der Waals surface area contributed by atoms with E-state index in [9.17, 15) is 0 Å². The second kappa shape index (κ2) is 6.57. The van der Waals surface area contributed by atoms with Crippen LogP contribution >= 0.6 is 11.3 Å². The van der Waals surface area contributed by atoms with Gasteiger partial charge in [-0.2, -0.15) is 5.10 Å². The summed E-state index contributed by atoms with van der Waals surface area (Å²) in [5.74, 6) is 2.76. The van der Waals surface area contributed by atoms with Crippen molar-refractivity contribution in [3.05, 3.63) is 52.0 Å². The highest BCUT2D eigenvalue weighted by molar-refractivity contribution is 7.09. The molecule has 3 rings (SSSR count). The number of nitrogens with zero attached hydrogens (tertiary/aromatic N) is 3. The fourth-order valence-corrected chi connectivity index (χ4v) is 2.63. The van der Waals surface area contributed by atoms with Crippen LogP contribution in [-0.2, 0) is 13.0 Å². The van der Waals surface area contributed by atoms with Crippen molar-refractivity contribution in [2.75, 3.05) is 7.11 Å². The second-order valence-corrected chi connectivity index (χ2v) is 5.73. The SMILES string of the molecule is COc1ccccc1OCc1nc(Cc2csc(C)n2)n[nH]1. The molecule has 0 aliphatic carbocycles. The van der Waals surface area contributed by atoms with E-state index in [0.717, 1.165) is 10.7 Å². The predicted octanol–water partition coefficient (Wildman–Crippen LogP) is 2.75. The molecule has 7 heteroatoms. The zero-order chi connectivity index (χ0) is 15.4. The summed E-state index contributed by atoms with van der Waals surface area (Å²) >= 11 is 1.63. The summed E-state index contributed by atoms with van der Waals surface area (Å²) in [5.41, 5.74) is 0.985. The molecule has 0 saturated heterocycles. The third-order valence-corrected chi connectivity index (χ3v) is 3.84. The highest BCUT2D eigenvalue weighted by Gasteiger charge is 2.08. The van der Waals surface area contributed by atoms with Gasteiger partial charge in [-0.15, -0.1) is 11.3 Å². The summed E-state index contributed by atoms with van der Waals surface area (Å²) in [4.78, 5) is 8.83. The Kier molecular flexibility index (Phi) is 4.34. The number of hydrogen-bond acceptors (Lipinski definition) is 6. The van der Waals surface area contributed by atoms with Gasteiger partial charge in [-0.3, -0.25) is 5.10 Å². The zero-order valence-electron chi connectivity index (χ0n) is 12.4. The Balaban J connectivity index is 1.62. The number of nitrogens with one attached hydrogen (secondary N) is 1. The van der Waals surface area contributed by atoms with Crippen molar-refractivity contribution in [3.8, 4) is 11.5 Å². The average molecular weight is 316 g/mol. The van der Waals surface area contributed by atoms with Gasteiger partial charge in [0.1, 0.15) is 6.61 Å². The minimum absolute atomic E-state index is 0.309. The fourth-order valence-electron chi connectivity index (χ4n) is 2.01. The monoisotopic (exact) mass is 316 g/mol. The molecule has 0 spiro atoms. The molecule has 1 N–H and O–H groups in total. The zero-order valence-corrected chi connectivity index (χ0v) is 13.2. The summed E-state index contributed by atoms with van der Waals surface area (Å²) in [6.07, 6.45) is 0.621.